The topological polar surface area (TPSA) is 96.7 Å². The van der Waals surface area contributed by atoms with Gasteiger partial charge in [0.15, 0.2) is 0 Å². The molecule has 2 heterocycles. The van der Waals surface area contributed by atoms with Crippen molar-refractivity contribution in [2.45, 2.75) is 23.9 Å². The predicted octanol–water partition coefficient (Wildman–Crippen LogP) is 3.00. The van der Waals surface area contributed by atoms with Crippen LogP contribution in [-0.2, 0) is 0 Å². The number of aromatic hydroxyl groups is 1. The van der Waals surface area contributed by atoms with Gasteiger partial charge in [-0.3, -0.25) is 0 Å². The van der Waals surface area contributed by atoms with Gasteiger partial charge in [-0.05, 0) is 42.9 Å². The largest absolute Gasteiger partial charge is 0.507 e. The Labute approximate surface area is 149 Å². The summed E-state index contributed by atoms with van der Waals surface area (Å²) >= 11 is 1.52. The van der Waals surface area contributed by atoms with E-state index >= 15 is 0 Å². The summed E-state index contributed by atoms with van der Waals surface area (Å²) < 4.78 is 0. The van der Waals surface area contributed by atoms with Gasteiger partial charge in [-0.15, -0.1) is 27.1 Å². The van der Waals surface area contributed by atoms with Crippen LogP contribution in [0, 0.1) is 0 Å². The Morgan fingerprint density at radius 2 is 1.96 bits per heavy atom. The molecule has 3 aromatic rings. The molecule has 25 heavy (non-hydrogen) atoms. The van der Waals surface area contributed by atoms with Crippen molar-refractivity contribution in [2.75, 3.05) is 11.6 Å². The molecular formula is C17H16N6OS. The van der Waals surface area contributed by atoms with Crippen LogP contribution in [0.3, 0.4) is 0 Å². The standard InChI is InChI=1S/C17H16N6OS/c1-25-16-7-11(8-19-22-16)10-2-5-13(15(24)6-10)14-9-18-17(23-21-14)20-12-3-4-12/h2,5-9,12,24H,3-4H2,1H3,(H,18,20,23). The second-order valence-corrected chi connectivity index (χ2v) is 6.63. The smallest absolute Gasteiger partial charge is 0.242 e. The monoisotopic (exact) mass is 352 g/mol. The summed E-state index contributed by atoms with van der Waals surface area (Å²) in [6, 6.07) is 7.82. The molecule has 1 aliphatic rings. The Kier molecular flexibility index (Phi) is 4.19. The van der Waals surface area contributed by atoms with Crippen molar-refractivity contribution < 1.29 is 5.11 Å². The third-order valence-electron chi connectivity index (χ3n) is 3.92. The Hall–Kier alpha value is -2.74. The van der Waals surface area contributed by atoms with Crippen molar-refractivity contribution in [2.24, 2.45) is 0 Å². The third-order valence-corrected chi connectivity index (χ3v) is 4.54. The number of aromatic nitrogens is 5. The first kappa shape index (κ1) is 15.8. The molecule has 0 atom stereocenters. The summed E-state index contributed by atoms with van der Waals surface area (Å²) in [6.07, 6.45) is 7.53. The Morgan fingerprint density at radius 3 is 2.64 bits per heavy atom. The Bertz CT molecular complexity index is 898. The number of phenols is 1. The minimum Gasteiger partial charge on any atom is -0.507 e. The van der Waals surface area contributed by atoms with Gasteiger partial charge in [-0.1, -0.05) is 6.07 Å². The maximum absolute atomic E-state index is 10.4. The van der Waals surface area contributed by atoms with Crippen LogP contribution in [0.5, 0.6) is 5.75 Å². The molecule has 1 aromatic carbocycles. The van der Waals surface area contributed by atoms with Crippen LogP contribution in [0.25, 0.3) is 22.4 Å². The molecule has 0 aliphatic heterocycles. The predicted molar refractivity (Wildman–Crippen MR) is 96.4 cm³/mol. The molecule has 1 saturated carbocycles. The lowest BCUT2D eigenvalue weighted by Gasteiger charge is -2.08. The van der Waals surface area contributed by atoms with Gasteiger partial charge in [0.25, 0.3) is 0 Å². The van der Waals surface area contributed by atoms with E-state index in [1.807, 2.05) is 24.5 Å². The normalized spacial score (nSPS) is 13.6. The fourth-order valence-electron chi connectivity index (χ4n) is 2.41. The van der Waals surface area contributed by atoms with Crippen LogP contribution in [0.2, 0.25) is 0 Å². The third kappa shape index (κ3) is 3.53. The maximum Gasteiger partial charge on any atom is 0.242 e. The zero-order chi connectivity index (χ0) is 17.2. The zero-order valence-corrected chi connectivity index (χ0v) is 14.4. The average molecular weight is 352 g/mol. The van der Waals surface area contributed by atoms with Crippen molar-refractivity contribution >= 4 is 17.7 Å². The molecule has 0 bridgehead atoms. The van der Waals surface area contributed by atoms with Crippen molar-refractivity contribution in [3.63, 3.8) is 0 Å². The highest BCUT2D eigenvalue weighted by Crippen LogP contribution is 2.32. The summed E-state index contributed by atoms with van der Waals surface area (Å²) in [6.45, 7) is 0. The van der Waals surface area contributed by atoms with E-state index < -0.39 is 0 Å². The number of phenolic OH excluding ortho intramolecular Hbond substituents is 1. The van der Waals surface area contributed by atoms with Gasteiger partial charge in [0, 0.05) is 17.2 Å². The molecule has 7 nitrogen and oxygen atoms in total. The quantitative estimate of drug-likeness (QED) is 0.677. The Morgan fingerprint density at radius 1 is 1.08 bits per heavy atom. The number of rotatable bonds is 5. The summed E-state index contributed by atoms with van der Waals surface area (Å²) in [5.41, 5.74) is 2.88. The van der Waals surface area contributed by atoms with Crippen LogP contribution in [0.1, 0.15) is 12.8 Å². The van der Waals surface area contributed by atoms with E-state index in [1.54, 1.807) is 18.5 Å². The molecule has 1 fully saturated rings. The molecule has 4 rings (SSSR count). The minimum atomic E-state index is 0.124. The lowest BCUT2D eigenvalue weighted by atomic mass is 10.0. The molecule has 0 amide bonds. The number of anilines is 1. The Balaban J connectivity index is 1.60. The van der Waals surface area contributed by atoms with Gasteiger partial charge >= 0.3 is 0 Å². The summed E-state index contributed by atoms with van der Waals surface area (Å²) in [5.74, 6) is 0.647. The van der Waals surface area contributed by atoms with Gasteiger partial charge in [0.1, 0.15) is 16.5 Å². The molecule has 0 spiro atoms. The van der Waals surface area contributed by atoms with E-state index in [4.69, 9.17) is 0 Å². The highest BCUT2D eigenvalue weighted by atomic mass is 32.2. The SMILES string of the molecule is CSc1cc(-c2ccc(-c3cnc(NC4CC4)nn3)c(O)c2)cnn1. The lowest BCUT2D eigenvalue weighted by molar-refractivity contribution is 0.477. The number of nitrogens with zero attached hydrogens (tertiary/aromatic N) is 5. The van der Waals surface area contributed by atoms with Gasteiger partial charge in [-0.25, -0.2) is 4.98 Å². The van der Waals surface area contributed by atoms with E-state index in [2.05, 4.69) is 30.7 Å². The van der Waals surface area contributed by atoms with E-state index in [9.17, 15) is 5.11 Å². The lowest BCUT2D eigenvalue weighted by Crippen LogP contribution is -2.06. The maximum atomic E-state index is 10.4. The van der Waals surface area contributed by atoms with Crippen molar-refractivity contribution in [3.05, 3.63) is 36.7 Å². The van der Waals surface area contributed by atoms with Crippen LogP contribution >= 0.6 is 11.8 Å². The van der Waals surface area contributed by atoms with Crippen LogP contribution in [0.4, 0.5) is 5.95 Å². The molecule has 1 aliphatic carbocycles. The highest BCUT2D eigenvalue weighted by Gasteiger charge is 2.22. The molecule has 2 N–H and O–H groups in total. The van der Waals surface area contributed by atoms with Crippen molar-refractivity contribution in [3.8, 4) is 28.1 Å². The number of nitrogens with one attached hydrogen (secondary N) is 1. The fourth-order valence-corrected chi connectivity index (χ4v) is 2.78. The second-order valence-electron chi connectivity index (χ2n) is 5.80. The summed E-state index contributed by atoms with van der Waals surface area (Å²) in [5, 5.41) is 30.7. The van der Waals surface area contributed by atoms with Crippen LogP contribution in [0.15, 0.2) is 41.7 Å². The number of thioether (sulfide) groups is 1. The van der Waals surface area contributed by atoms with Gasteiger partial charge in [0.05, 0.1) is 12.4 Å². The second kappa shape index (κ2) is 6.64. The molecule has 8 heteroatoms. The van der Waals surface area contributed by atoms with E-state index in [-0.39, 0.29) is 5.75 Å². The summed E-state index contributed by atoms with van der Waals surface area (Å²) in [7, 11) is 0. The molecule has 0 unspecified atom stereocenters. The number of hydrogen-bond donors (Lipinski definition) is 2. The number of benzene rings is 1. The summed E-state index contributed by atoms with van der Waals surface area (Å²) in [4.78, 5) is 4.26. The number of hydrogen-bond acceptors (Lipinski definition) is 8. The first-order chi connectivity index (χ1) is 12.2. The average Bonchev–Trinajstić information content (AvgIpc) is 3.46. The van der Waals surface area contributed by atoms with Gasteiger partial charge < -0.3 is 10.4 Å². The molecule has 0 saturated heterocycles. The zero-order valence-electron chi connectivity index (χ0n) is 13.5. The first-order valence-corrected chi connectivity index (χ1v) is 9.12. The molecule has 2 aromatic heterocycles. The van der Waals surface area contributed by atoms with Crippen LogP contribution in [-0.4, -0.2) is 42.8 Å². The first-order valence-electron chi connectivity index (χ1n) is 7.89. The van der Waals surface area contributed by atoms with Gasteiger partial charge in [0.2, 0.25) is 5.95 Å². The van der Waals surface area contributed by atoms with Crippen LogP contribution < -0.4 is 5.32 Å². The highest BCUT2D eigenvalue weighted by molar-refractivity contribution is 7.98. The molecule has 0 radical (unpaired) electrons. The fraction of sp³-hybridized carbons (Fsp3) is 0.235. The van der Waals surface area contributed by atoms with Crippen molar-refractivity contribution in [1.29, 1.82) is 0 Å². The van der Waals surface area contributed by atoms with E-state index in [0.29, 0.717) is 23.2 Å². The molecular weight excluding hydrogens is 336 g/mol. The molecule has 126 valence electrons. The van der Waals surface area contributed by atoms with Gasteiger partial charge in [-0.2, -0.15) is 5.10 Å². The van der Waals surface area contributed by atoms with E-state index in [0.717, 1.165) is 29.0 Å². The van der Waals surface area contributed by atoms with Crippen molar-refractivity contribution in [1.82, 2.24) is 25.4 Å². The minimum absolute atomic E-state index is 0.124. The van der Waals surface area contributed by atoms with E-state index in [1.165, 1.54) is 11.8 Å².